The van der Waals surface area contributed by atoms with Crippen molar-refractivity contribution in [3.05, 3.63) is 23.8 Å². The molecule has 2 rings (SSSR count). The lowest BCUT2D eigenvalue weighted by molar-refractivity contribution is 0.225. The van der Waals surface area contributed by atoms with Crippen LogP contribution in [0.15, 0.2) is 18.2 Å². The molecule has 0 aliphatic heterocycles. The molecule has 2 N–H and O–H groups in total. The molecule has 1 aromatic rings. The molecular weight excluding hydrogens is 238 g/mol. The van der Waals surface area contributed by atoms with Crippen molar-refractivity contribution in [2.45, 2.75) is 45.1 Å². The zero-order valence-corrected chi connectivity index (χ0v) is 12.2. The SMILES string of the molecule is CCCCOc1ccc(C2CC(N)C2C)cc1OC. The van der Waals surface area contributed by atoms with Crippen LogP contribution in [-0.4, -0.2) is 19.8 Å². The Morgan fingerprint density at radius 3 is 2.68 bits per heavy atom. The molecular formula is C16H25NO2. The van der Waals surface area contributed by atoms with Gasteiger partial charge in [0.1, 0.15) is 0 Å². The second kappa shape index (κ2) is 6.29. The summed E-state index contributed by atoms with van der Waals surface area (Å²) in [6.07, 6.45) is 3.28. The highest BCUT2D eigenvalue weighted by atomic mass is 16.5. The second-order valence-electron chi connectivity index (χ2n) is 5.48. The Hall–Kier alpha value is -1.22. The number of unbranched alkanes of at least 4 members (excludes halogenated alkanes) is 1. The van der Waals surface area contributed by atoms with E-state index in [2.05, 4.69) is 26.0 Å². The first-order valence-electron chi connectivity index (χ1n) is 7.23. The lowest BCUT2D eigenvalue weighted by Crippen LogP contribution is -2.44. The topological polar surface area (TPSA) is 44.5 Å². The summed E-state index contributed by atoms with van der Waals surface area (Å²) < 4.78 is 11.2. The fourth-order valence-electron chi connectivity index (χ4n) is 2.63. The number of nitrogens with two attached hydrogens (primary N) is 1. The predicted octanol–water partition coefficient (Wildman–Crippen LogP) is 3.32. The number of hydrogen-bond donors (Lipinski definition) is 1. The van der Waals surface area contributed by atoms with Crippen LogP contribution in [0.3, 0.4) is 0 Å². The molecule has 0 bridgehead atoms. The summed E-state index contributed by atoms with van der Waals surface area (Å²) in [7, 11) is 1.70. The Bertz CT molecular complexity index is 419. The van der Waals surface area contributed by atoms with Gasteiger partial charge in [-0.25, -0.2) is 0 Å². The highest BCUT2D eigenvalue weighted by Crippen LogP contribution is 2.43. The van der Waals surface area contributed by atoms with E-state index in [9.17, 15) is 0 Å². The van der Waals surface area contributed by atoms with Crippen LogP contribution in [0.1, 0.15) is 44.6 Å². The summed E-state index contributed by atoms with van der Waals surface area (Å²) in [5.41, 5.74) is 7.29. The first-order chi connectivity index (χ1) is 9.17. The summed E-state index contributed by atoms with van der Waals surface area (Å²) in [6.45, 7) is 5.12. The minimum atomic E-state index is 0.344. The van der Waals surface area contributed by atoms with Crippen molar-refractivity contribution in [2.24, 2.45) is 11.7 Å². The molecule has 1 saturated carbocycles. The molecule has 0 aromatic heterocycles. The van der Waals surface area contributed by atoms with E-state index < -0.39 is 0 Å². The van der Waals surface area contributed by atoms with Crippen molar-refractivity contribution in [3.63, 3.8) is 0 Å². The fraction of sp³-hybridized carbons (Fsp3) is 0.625. The van der Waals surface area contributed by atoms with E-state index in [0.29, 0.717) is 17.9 Å². The first kappa shape index (κ1) is 14.2. The molecule has 3 heteroatoms. The van der Waals surface area contributed by atoms with Gasteiger partial charge in [0, 0.05) is 6.04 Å². The van der Waals surface area contributed by atoms with Gasteiger partial charge in [0.15, 0.2) is 11.5 Å². The number of methoxy groups -OCH3 is 1. The summed E-state index contributed by atoms with van der Waals surface area (Å²) in [5, 5.41) is 0. The van der Waals surface area contributed by atoms with Gasteiger partial charge in [-0.3, -0.25) is 0 Å². The molecule has 0 saturated heterocycles. The molecule has 106 valence electrons. The molecule has 3 atom stereocenters. The zero-order chi connectivity index (χ0) is 13.8. The fourth-order valence-corrected chi connectivity index (χ4v) is 2.63. The molecule has 1 aliphatic carbocycles. The van der Waals surface area contributed by atoms with Gasteiger partial charge in [-0.05, 0) is 42.4 Å². The predicted molar refractivity (Wildman–Crippen MR) is 77.9 cm³/mol. The van der Waals surface area contributed by atoms with E-state index in [1.54, 1.807) is 7.11 Å². The van der Waals surface area contributed by atoms with Gasteiger partial charge < -0.3 is 15.2 Å². The maximum atomic E-state index is 5.98. The Labute approximate surface area is 116 Å². The number of ether oxygens (including phenoxy) is 2. The molecule has 0 radical (unpaired) electrons. The van der Waals surface area contributed by atoms with Gasteiger partial charge in [-0.1, -0.05) is 26.3 Å². The molecule has 1 aliphatic rings. The van der Waals surface area contributed by atoms with Crippen LogP contribution in [0, 0.1) is 5.92 Å². The average molecular weight is 263 g/mol. The van der Waals surface area contributed by atoms with Crippen LogP contribution in [0.25, 0.3) is 0 Å². The number of benzene rings is 1. The quantitative estimate of drug-likeness (QED) is 0.801. The smallest absolute Gasteiger partial charge is 0.161 e. The highest BCUT2D eigenvalue weighted by Gasteiger charge is 2.36. The van der Waals surface area contributed by atoms with E-state index >= 15 is 0 Å². The molecule has 3 unspecified atom stereocenters. The molecule has 0 spiro atoms. The van der Waals surface area contributed by atoms with Crippen LogP contribution in [0.5, 0.6) is 11.5 Å². The maximum absolute atomic E-state index is 5.98. The molecule has 1 aromatic carbocycles. The van der Waals surface area contributed by atoms with Crippen LogP contribution >= 0.6 is 0 Å². The van der Waals surface area contributed by atoms with Crippen molar-refractivity contribution in [2.75, 3.05) is 13.7 Å². The Kier molecular flexibility index (Phi) is 4.70. The van der Waals surface area contributed by atoms with E-state index in [-0.39, 0.29) is 0 Å². The van der Waals surface area contributed by atoms with Crippen LogP contribution in [0.2, 0.25) is 0 Å². The van der Waals surface area contributed by atoms with E-state index in [0.717, 1.165) is 37.4 Å². The molecule has 0 heterocycles. The molecule has 1 fully saturated rings. The van der Waals surface area contributed by atoms with Crippen molar-refractivity contribution < 1.29 is 9.47 Å². The Morgan fingerprint density at radius 2 is 2.11 bits per heavy atom. The monoisotopic (exact) mass is 263 g/mol. The van der Waals surface area contributed by atoms with E-state index in [4.69, 9.17) is 15.2 Å². The third-order valence-corrected chi connectivity index (χ3v) is 4.21. The standard InChI is InChI=1S/C16H25NO2/c1-4-5-8-19-15-7-6-12(9-16(15)18-3)13-10-14(17)11(13)2/h6-7,9,11,13-14H,4-5,8,10,17H2,1-3H3. The van der Waals surface area contributed by atoms with Gasteiger partial charge >= 0.3 is 0 Å². The molecule has 0 amide bonds. The summed E-state index contributed by atoms with van der Waals surface area (Å²) >= 11 is 0. The van der Waals surface area contributed by atoms with Gasteiger partial charge in [0.2, 0.25) is 0 Å². The number of rotatable bonds is 6. The Morgan fingerprint density at radius 1 is 1.32 bits per heavy atom. The van der Waals surface area contributed by atoms with Crippen molar-refractivity contribution >= 4 is 0 Å². The summed E-state index contributed by atoms with van der Waals surface area (Å²) in [6, 6.07) is 6.63. The van der Waals surface area contributed by atoms with Crippen LogP contribution in [-0.2, 0) is 0 Å². The van der Waals surface area contributed by atoms with Crippen LogP contribution in [0.4, 0.5) is 0 Å². The zero-order valence-electron chi connectivity index (χ0n) is 12.2. The second-order valence-corrected chi connectivity index (χ2v) is 5.48. The van der Waals surface area contributed by atoms with E-state index in [1.807, 2.05) is 6.07 Å². The third kappa shape index (κ3) is 3.03. The first-order valence-corrected chi connectivity index (χ1v) is 7.23. The van der Waals surface area contributed by atoms with Gasteiger partial charge in [-0.2, -0.15) is 0 Å². The van der Waals surface area contributed by atoms with E-state index in [1.165, 1.54) is 5.56 Å². The molecule has 19 heavy (non-hydrogen) atoms. The van der Waals surface area contributed by atoms with Gasteiger partial charge in [0.25, 0.3) is 0 Å². The van der Waals surface area contributed by atoms with Crippen molar-refractivity contribution in [1.29, 1.82) is 0 Å². The summed E-state index contributed by atoms with van der Waals surface area (Å²) in [5.74, 6) is 2.79. The highest BCUT2D eigenvalue weighted by molar-refractivity contribution is 5.44. The lowest BCUT2D eigenvalue weighted by atomic mass is 9.67. The van der Waals surface area contributed by atoms with Crippen LogP contribution < -0.4 is 15.2 Å². The van der Waals surface area contributed by atoms with Crippen molar-refractivity contribution in [3.8, 4) is 11.5 Å². The normalized spacial score (nSPS) is 25.8. The average Bonchev–Trinajstić information content (AvgIpc) is 2.45. The third-order valence-electron chi connectivity index (χ3n) is 4.21. The number of hydrogen-bond acceptors (Lipinski definition) is 3. The van der Waals surface area contributed by atoms with Crippen molar-refractivity contribution in [1.82, 2.24) is 0 Å². The Balaban J connectivity index is 2.07. The largest absolute Gasteiger partial charge is 0.493 e. The minimum Gasteiger partial charge on any atom is -0.493 e. The lowest BCUT2D eigenvalue weighted by Gasteiger charge is -2.41. The summed E-state index contributed by atoms with van der Waals surface area (Å²) in [4.78, 5) is 0. The van der Waals surface area contributed by atoms with Gasteiger partial charge in [-0.15, -0.1) is 0 Å². The minimum absolute atomic E-state index is 0.344. The maximum Gasteiger partial charge on any atom is 0.161 e. The van der Waals surface area contributed by atoms with Gasteiger partial charge in [0.05, 0.1) is 13.7 Å². The molecule has 3 nitrogen and oxygen atoms in total.